The first-order valence-electron chi connectivity index (χ1n) is 11.1. The highest BCUT2D eigenvalue weighted by molar-refractivity contribution is 5.85. The van der Waals surface area contributed by atoms with E-state index in [4.69, 9.17) is 9.47 Å². The van der Waals surface area contributed by atoms with Crippen LogP contribution in [0.15, 0.2) is 35.3 Å². The van der Waals surface area contributed by atoms with Crippen LogP contribution in [-0.2, 0) is 14.3 Å². The van der Waals surface area contributed by atoms with Crippen molar-refractivity contribution in [1.82, 2.24) is 15.1 Å². The summed E-state index contributed by atoms with van der Waals surface area (Å²) in [5.74, 6) is 1.29. The van der Waals surface area contributed by atoms with E-state index in [1.807, 2.05) is 6.07 Å². The van der Waals surface area contributed by atoms with Gasteiger partial charge in [0.05, 0.1) is 19.8 Å². The summed E-state index contributed by atoms with van der Waals surface area (Å²) in [4.78, 5) is 22.7. The minimum absolute atomic E-state index is 0.00163. The molecule has 0 bridgehead atoms. The highest BCUT2D eigenvalue weighted by Gasteiger charge is 2.25. The lowest BCUT2D eigenvalue weighted by Crippen LogP contribution is -2.42. The van der Waals surface area contributed by atoms with Crippen LogP contribution in [0.25, 0.3) is 0 Å². The summed E-state index contributed by atoms with van der Waals surface area (Å²) >= 11 is 0. The summed E-state index contributed by atoms with van der Waals surface area (Å²) in [5, 5.41) is 3.48. The number of benzene rings is 1. The fourth-order valence-corrected chi connectivity index (χ4v) is 3.43. The van der Waals surface area contributed by atoms with Gasteiger partial charge in [-0.05, 0) is 25.0 Å². The van der Waals surface area contributed by atoms with Gasteiger partial charge in [-0.25, -0.2) is 4.99 Å². The number of nitrogens with one attached hydrogen (secondary N) is 1. The summed E-state index contributed by atoms with van der Waals surface area (Å²) in [6, 6.07) is 10.4. The second-order valence-electron chi connectivity index (χ2n) is 8.13. The van der Waals surface area contributed by atoms with Crippen molar-refractivity contribution < 1.29 is 14.3 Å². The van der Waals surface area contributed by atoms with Crippen molar-refractivity contribution in [3.05, 3.63) is 30.3 Å². The van der Waals surface area contributed by atoms with Gasteiger partial charge in [0.1, 0.15) is 6.54 Å². The molecule has 0 spiro atoms. The third kappa shape index (κ3) is 9.14. The van der Waals surface area contributed by atoms with E-state index in [2.05, 4.69) is 51.4 Å². The molecule has 1 aromatic rings. The fourth-order valence-electron chi connectivity index (χ4n) is 3.43. The van der Waals surface area contributed by atoms with Gasteiger partial charge in [-0.2, -0.15) is 0 Å². The van der Waals surface area contributed by atoms with E-state index in [9.17, 15) is 4.79 Å². The SMILES string of the molecule is COCCOCC1CCN(C(=NCC(=O)N(C)C)NCCCN(C)c2ccccc2)C1. The summed E-state index contributed by atoms with van der Waals surface area (Å²) in [6.07, 6.45) is 2.04. The summed E-state index contributed by atoms with van der Waals surface area (Å²) in [7, 11) is 7.30. The predicted molar refractivity (Wildman–Crippen MR) is 126 cm³/mol. The predicted octanol–water partition coefficient (Wildman–Crippen LogP) is 1.53. The number of rotatable bonds is 12. The summed E-state index contributed by atoms with van der Waals surface area (Å²) in [5.41, 5.74) is 1.21. The van der Waals surface area contributed by atoms with Crippen molar-refractivity contribution in [3.8, 4) is 0 Å². The van der Waals surface area contributed by atoms with Crippen LogP contribution in [0.3, 0.4) is 0 Å². The van der Waals surface area contributed by atoms with E-state index in [-0.39, 0.29) is 12.5 Å². The lowest BCUT2D eigenvalue weighted by Gasteiger charge is -2.24. The molecule has 1 aromatic carbocycles. The lowest BCUT2D eigenvalue weighted by molar-refractivity contribution is -0.127. The van der Waals surface area contributed by atoms with E-state index >= 15 is 0 Å². The number of carbonyl (C=O) groups excluding carboxylic acids is 1. The van der Waals surface area contributed by atoms with Crippen LogP contribution in [0.2, 0.25) is 0 Å². The molecule has 1 saturated heterocycles. The van der Waals surface area contributed by atoms with Gasteiger partial charge < -0.3 is 29.5 Å². The maximum absolute atomic E-state index is 12.0. The maximum atomic E-state index is 12.0. The van der Waals surface area contributed by atoms with E-state index in [1.165, 1.54) is 5.69 Å². The maximum Gasteiger partial charge on any atom is 0.243 e. The van der Waals surface area contributed by atoms with Gasteiger partial charge in [0, 0.05) is 66.0 Å². The average molecular weight is 434 g/mol. The number of para-hydroxylation sites is 1. The van der Waals surface area contributed by atoms with Gasteiger partial charge in [-0.3, -0.25) is 4.79 Å². The van der Waals surface area contributed by atoms with Gasteiger partial charge in [-0.15, -0.1) is 0 Å². The second-order valence-corrected chi connectivity index (χ2v) is 8.13. The van der Waals surface area contributed by atoms with Crippen molar-refractivity contribution in [1.29, 1.82) is 0 Å². The van der Waals surface area contributed by atoms with Gasteiger partial charge in [-0.1, -0.05) is 18.2 Å². The first kappa shape index (κ1) is 24.9. The zero-order valence-electron chi connectivity index (χ0n) is 19.5. The highest BCUT2D eigenvalue weighted by Crippen LogP contribution is 2.17. The Morgan fingerprint density at radius 1 is 1.23 bits per heavy atom. The molecule has 1 N–H and O–H groups in total. The number of hydrogen-bond acceptors (Lipinski definition) is 5. The molecule has 1 fully saturated rings. The Balaban J connectivity index is 1.84. The normalized spacial score (nSPS) is 16.5. The number of methoxy groups -OCH3 is 1. The van der Waals surface area contributed by atoms with Gasteiger partial charge >= 0.3 is 0 Å². The zero-order chi connectivity index (χ0) is 22.5. The summed E-state index contributed by atoms with van der Waals surface area (Å²) in [6.45, 7) is 5.68. The van der Waals surface area contributed by atoms with Crippen LogP contribution in [0.1, 0.15) is 12.8 Å². The molecule has 0 saturated carbocycles. The molecule has 1 aliphatic heterocycles. The Kier molecular flexibility index (Phi) is 11.2. The molecular weight excluding hydrogens is 394 g/mol. The largest absolute Gasteiger partial charge is 0.382 e. The molecule has 0 radical (unpaired) electrons. The minimum atomic E-state index is 0.00163. The topological polar surface area (TPSA) is 69.6 Å². The molecule has 1 atom stereocenters. The standard InChI is InChI=1S/C23H39N5O3/c1-26(2)22(29)17-25-23(28-14-11-20(18-28)19-31-16-15-30-4)24-12-8-13-27(3)21-9-6-5-7-10-21/h5-7,9-10,20H,8,11-19H2,1-4H3,(H,24,25). The Bertz CT molecular complexity index is 668. The molecule has 1 aliphatic rings. The number of likely N-dealkylation sites (N-methyl/N-ethyl adjacent to an activating group) is 1. The molecule has 31 heavy (non-hydrogen) atoms. The van der Waals surface area contributed by atoms with Gasteiger partial charge in [0.15, 0.2) is 5.96 Å². The van der Waals surface area contributed by atoms with Crippen molar-refractivity contribution in [3.63, 3.8) is 0 Å². The van der Waals surface area contributed by atoms with Crippen LogP contribution in [-0.4, -0.2) is 102 Å². The van der Waals surface area contributed by atoms with E-state index in [0.717, 1.165) is 51.6 Å². The Morgan fingerprint density at radius 3 is 2.71 bits per heavy atom. The average Bonchev–Trinajstić information content (AvgIpc) is 3.25. The number of guanidine groups is 1. The quantitative estimate of drug-likeness (QED) is 0.306. The summed E-state index contributed by atoms with van der Waals surface area (Å²) < 4.78 is 10.7. The molecule has 1 unspecified atom stereocenters. The molecule has 1 amide bonds. The molecule has 0 aromatic heterocycles. The molecule has 2 rings (SSSR count). The number of amides is 1. The molecule has 1 heterocycles. The molecular formula is C23H39N5O3. The molecule has 0 aliphatic carbocycles. The van der Waals surface area contributed by atoms with Crippen molar-refractivity contribution >= 4 is 17.6 Å². The number of anilines is 1. The van der Waals surface area contributed by atoms with E-state index in [0.29, 0.717) is 19.1 Å². The van der Waals surface area contributed by atoms with Crippen LogP contribution < -0.4 is 10.2 Å². The lowest BCUT2D eigenvalue weighted by atomic mass is 10.1. The number of aliphatic imine (C=N–C) groups is 1. The van der Waals surface area contributed by atoms with Crippen LogP contribution in [0.4, 0.5) is 5.69 Å². The van der Waals surface area contributed by atoms with Crippen molar-refractivity contribution in [2.45, 2.75) is 12.8 Å². The van der Waals surface area contributed by atoms with Crippen molar-refractivity contribution in [2.24, 2.45) is 10.9 Å². The monoisotopic (exact) mass is 433 g/mol. The van der Waals surface area contributed by atoms with E-state index in [1.54, 1.807) is 26.1 Å². The minimum Gasteiger partial charge on any atom is -0.382 e. The number of hydrogen-bond donors (Lipinski definition) is 1. The Morgan fingerprint density at radius 2 is 2.00 bits per heavy atom. The number of nitrogens with zero attached hydrogens (tertiary/aromatic N) is 4. The van der Waals surface area contributed by atoms with Crippen molar-refractivity contribution in [2.75, 3.05) is 85.7 Å². The fraction of sp³-hybridized carbons (Fsp3) is 0.652. The van der Waals surface area contributed by atoms with Crippen LogP contribution >= 0.6 is 0 Å². The first-order chi connectivity index (χ1) is 15.0. The number of carbonyl (C=O) groups is 1. The molecule has 8 heteroatoms. The molecule has 8 nitrogen and oxygen atoms in total. The first-order valence-corrected chi connectivity index (χ1v) is 11.1. The highest BCUT2D eigenvalue weighted by atomic mass is 16.5. The van der Waals surface area contributed by atoms with Crippen LogP contribution in [0, 0.1) is 5.92 Å². The third-order valence-corrected chi connectivity index (χ3v) is 5.38. The smallest absolute Gasteiger partial charge is 0.243 e. The van der Waals surface area contributed by atoms with Gasteiger partial charge in [0.25, 0.3) is 0 Å². The number of likely N-dealkylation sites (tertiary alicyclic amines) is 1. The van der Waals surface area contributed by atoms with Crippen LogP contribution in [0.5, 0.6) is 0 Å². The Hall–Kier alpha value is -2.32. The molecule has 174 valence electrons. The van der Waals surface area contributed by atoms with Gasteiger partial charge in [0.2, 0.25) is 5.91 Å². The number of ether oxygens (including phenoxy) is 2. The zero-order valence-corrected chi connectivity index (χ0v) is 19.5. The van der Waals surface area contributed by atoms with E-state index < -0.39 is 0 Å². The third-order valence-electron chi connectivity index (χ3n) is 5.38. The Labute approximate surface area is 187 Å². The second kappa shape index (κ2) is 13.9.